The molecular formula is C6H11NO2. The predicted octanol–water partition coefficient (Wildman–Crippen LogP) is 1.02. The van der Waals surface area contributed by atoms with Crippen LogP contribution in [0.4, 0.5) is 0 Å². The lowest BCUT2D eigenvalue weighted by atomic mass is 10.3. The molecule has 52 valence electrons. The van der Waals surface area contributed by atoms with Crippen LogP contribution in [0.2, 0.25) is 0 Å². The molecule has 0 aromatic heterocycles. The Morgan fingerprint density at radius 2 is 2.56 bits per heavy atom. The molecule has 9 heavy (non-hydrogen) atoms. The van der Waals surface area contributed by atoms with Gasteiger partial charge in [-0.2, -0.15) is 0 Å². The first-order valence-corrected chi connectivity index (χ1v) is 3.12. The summed E-state index contributed by atoms with van der Waals surface area (Å²) in [5, 5.41) is 11.5. The van der Waals surface area contributed by atoms with Gasteiger partial charge < -0.3 is 9.94 Å². The number of hydrogen-bond donors (Lipinski definition) is 1. The Morgan fingerprint density at radius 1 is 1.78 bits per heavy atom. The van der Waals surface area contributed by atoms with Gasteiger partial charge in [-0.05, 0) is 19.3 Å². The lowest BCUT2D eigenvalue weighted by Gasteiger charge is -2.04. The van der Waals surface area contributed by atoms with Gasteiger partial charge in [0, 0.05) is 7.11 Å². The predicted molar refractivity (Wildman–Crippen MR) is 33.9 cm³/mol. The molecule has 1 aliphatic rings. The molecule has 0 bridgehead atoms. The molecule has 0 amide bonds. The summed E-state index contributed by atoms with van der Waals surface area (Å²) in [5.41, 5.74) is 0.789. The second-order valence-electron chi connectivity index (χ2n) is 2.21. The van der Waals surface area contributed by atoms with Crippen LogP contribution in [0.5, 0.6) is 0 Å². The molecule has 3 heteroatoms. The quantitative estimate of drug-likeness (QED) is 0.424. The van der Waals surface area contributed by atoms with Crippen molar-refractivity contribution < 1.29 is 9.94 Å². The third-order valence-electron chi connectivity index (χ3n) is 1.68. The van der Waals surface area contributed by atoms with Gasteiger partial charge in [-0.3, -0.25) is 0 Å². The summed E-state index contributed by atoms with van der Waals surface area (Å²) < 4.78 is 5.02. The zero-order chi connectivity index (χ0) is 6.69. The van der Waals surface area contributed by atoms with E-state index in [0.717, 1.165) is 25.0 Å². The average molecular weight is 129 g/mol. The number of ether oxygens (including phenoxy) is 1. The number of rotatable bonds is 1. The summed E-state index contributed by atoms with van der Waals surface area (Å²) in [6.45, 7) is 0. The minimum Gasteiger partial charge on any atom is -0.411 e. The largest absolute Gasteiger partial charge is 0.411 e. The highest BCUT2D eigenvalue weighted by Crippen LogP contribution is 2.17. The van der Waals surface area contributed by atoms with Gasteiger partial charge in [-0.25, -0.2) is 0 Å². The molecule has 0 aromatic carbocycles. The van der Waals surface area contributed by atoms with E-state index in [0.29, 0.717) is 0 Å². The van der Waals surface area contributed by atoms with Crippen molar-refractivity contribution in [2.24, 2.45) is 5.16 Å². The lowest BCUT2D eigenvalue weighted by Crippen LogP contribution is -2.15. The third-order valence-corrected chi connectivity index (χ3v) is 1.68. The van der Waals surface area contributed by atoms with E-state index in [1.165, 1.54) is 0 Å². The molecule has 0 spiro atoms. The van der Waals surface area contributed by atoms with E-state index >= 15 is 0 Å². The zero-order valence-corrected chi connectivity index (χ0v) is 5.50. The van der Waals surface area contributed by atoms with Crippen molar-refractivity contribution in [1.82, 2.24) is 0 Å². The van der Waals surface area contributed by atoms with Crippen LogP contribution in [0.1, 0.15) is 19.3 Å². The first-order valence-electron chi connectivity index (χ1n) is 3.12. The zero-order valence-electron chi connectivity index (χ0n) is 5.50. The highest BCUT2D eigenvalue weighted by molar-refractivity contribution is 5.89. The van der Waals surface area contributed by atoms with Crippen LogP contribution in [0.25, 0.3) is 0 Å². The summed E-state index contributed by atoms with van der Waals surface area (Å²) in [5.74, 6) is 0. The van der Waals surface area contributed by atoms with Crippen LogP contribution < -0.4 is 0 Å². The fourth-order valence-electron chi connectivity index (χ4n) is 1.16. The number of methoxy groups -OCH3 is 1. The van der Waals surface area contributed by atoms with E-state index in [-0.39, 0.29) is 6.10 Å². The smallest absolute Gasteiger partial charge is 0.0985 e. The van der Waals surface area contributed by atoms with Gasteiger partial charge in [-0.1, -0.05) is 5.16 Å². The Bertz CT molecular complexity index is 122. The van der Waals surface area contributed by atoms with Gasteiger partial charge in [-0.15, -0.1) is 0 Å². The van der Waals surface area contributed by atoms with E-state index in [9.17, 15) is 0 Å². The molecule has 0 radical (unpaired) electrons. The van der Waals surface area contributed by atoms with Gasteiger partial charge in [0.1, 0.15) is 0 Å². The number of oxime groups is 1. The third kappa shape index (κ3) is 1.21. The Kier molecular flexibility index (Phi) is 2.05. The SMILES string of the molecule is COC1CCC/C1=N\O. The van der Waals surface area contributed by atoms with E-state index < -0.39 is 0 Å². The monoisotopic (exact) mass is 129 g/mol. The molecule has 1 unspecified atom stereocenters. The molecule has 1 rings (SSSR count). The normalized spacial score (nSPS) is 31.7. The summed E-state index contributed by atoms with van der Waals surface area (Å²) in [6, 6.07) is 0. The molecule has 1 atom stereocenters. The van der Waals surface area contributed by atoms with Crippen molar-refractivity contribution in [3.05, 3.63) is 0 Å². The van der Waals surface area contributed by atoms with Crippen molar-refractivity contribution in [2.45, 2.75) is 25.4 Å². The minimum atomic E-state index is 0.0787. The number of nitrogens with zero attached hydrogens (tertiary/aromatic N) is 1. The Hall–Kier alpha value is -0.570. The van der Waals surface area contributed by atoms with Crippen LogP contribution >= 0.6 is 0 Å². The maximum absolute atomic E-state index is 8.38. The molecule has 1 saturated carbocycles. The first kappa shape index (κ1) is 6.55. The highest BCUT2D eigenvalue weighted by Gasteiger charge is 2.21. The lowest BCUT2D eigenvalue weighted by molar-refractivity contribution is 0.153. The molecule has 0 aromatic rings. The fourth-order valence-corrected chi connectivity index (χ4v) is 1.16. The van der Waals surface area contributed by atoms with Gasteiger partial charge in [0.2, 0.25) is 0 Å². The minimum absolute atomic E-state index is 0.0787. The van der Waals surface area contributed by atoms with Crippen molar-refractivity contribution >= 4 is 5.71 Å². The van der Waals surface area contributed by atoms with E-state index in [1.54, 1.807) is 7.11 Å². The maximum atomic E-state index is 8.38. The van der Waals surface area contributed by atoms with Crippen molar-refractivity contribution in [2.75, 3.05) is 7.11 Å². The van der Waals surface area contributed by atoms with Crippen LogP contribution in [0.15, 0.2) is 5.16 Å². The standard InChI is InChI=1S/C6H11NO2/c1-9-6-4-2-3-5(6)7-8/h6,8H,2-4H2,1H3/b7-5+. The second-order valence-corrected chi connectivity index (χ2v) is 2.21. The van der Waals surface area contributed by atoms with E-state index in [2.05, 4.69) is 5.16 Å². The molecule has 0 heterocycles. The average Bonchev–Trinajstić information content (AvgIpc) is 2.33. The van der Waals surface area contributed by atoms with Gasteiger partial charge in [0.15, 0.2) is 0 Å². The first-order chi connectivity index (χ1) is 4.38. The number of hydrogen-bond acceptors (Lipinski definition) is 3. The van der Waals surface area contributed by atoms with E-state index in [4.69, 9.17) is 9.94 Å². The maximum Gasteiger partial charge on any atom is 0.0985 e. The second kappa shape index (κ2) is 2.82. The summed E-state index contributed by atoms with van der Waals surface area (Å²) in [7, 11) is 1.64. The van der Waals surface area contributed by atoms with Gasteiger partial charge in [0.25, 0.3) is 0 Å². The summed E-state index contributed by atoms with van der Waals surface area (Å²) in [4.78, 5) is 0. The highest BCUT2D eigenvalue weighted by atomic mass is 16.5. The van der Waals surface area contributed by atoms with E-state index in [1.807, 2.05) is 0 Å². The molecule has 0 saturated heterocycles. The molecule has 1 fully saturated rings. The van der Waals surface area contributed by atoms with Crippen LogP contribution in [0.3, 0.4) is 0 Å². The Balaban J connectivity index is 2.52. The van der Waals surface area contributed by atoms with Crippen LogP contribution in [-0.4, -0.2) is 24.1 Å². The van der Waals surface area contributed by atoms with Crippen LogP contribution in [-0.2, 0) is 4.74 Å². The molecule has 3 nitrogen and oxygen atoms in total. The molecular weight excluding hydrogens is 118 g/mol. The van der Waals surface area contributed by atoms with Gasteiger partial charge >= 0.3 is 0 Å². The molecule has 0 aliphatic heterocycles. The fraction of sp³-hybridized carbons (Fsp3) is 0.833. The summed E-state index contributed by atoms with van der Waals surface area (Å²) >= 11 is 0. The molecule has 1 N–H and O–H groups in total. The molecule has 1 aliphatic carbocycles. The Morgan fingerprint density at radius 3 is 3.00 bits per heavy atom. The summed E-state index contributed by atoms with van der Waals surface area (Å²) in [6.07, 6.45) is 3.04. The van der Waals surface area contributed by atoms with Crippen molar-refractivity contribution in [1.29, 1.82) is 0 Å². The topological polar surface area (TPSA) is 41.8 Å². The Labute approximate surface area is 54.3 Å². The van der Waals surface area contributed by atoms with Crippen molar-refractivity contribution in [3.8, 4) is 0 Å². The van der Waals surface area contributed by atoms with Crippen LogP contribution in [0, 0.1) is 0 Å². The van der Waals surface area contributed by atoms with Gasteiger partial charge in [0.05, 0.1) is 11.8 Å². The van der Waals surface area contributed by atoms with Crippen molar-refractivity contribution in [3.63, 3.8) is 0 Å².